The van der Waals surface area contributed by atoms with E-state index in [9.17, 15) is 4.79 Å². The minimum atomic E-state index is -0.109. The number of aryl methyl sites for hydroxylation is 1. The number of aromatic amines is 1. The van der Waals surface area contributed by atoms with Gasteiger partial charge in [-0.1, -0.05) is 29.8 Å². The monoisotopic (exact) mass is 350 g/mol. The van der Waals surface area contributed by atoms with Crippen molar-refractivity contribution in [2.45, 2.75) is 13.3 Å². The van der Waals surface area contributed by atoms with E-state index in [1.54, 1.807) is 18.6 Å². The van der Waals surface area contributed by atoms with Crippen molar-refractivity contribution in [3.05, 3.63) is 87.2 Å². The van der Waals surface area contributed by atoms with Gasteiger partial charge in [-0.2, -0.15) is 0 Å². The van der Waals surface area contributed by atoms with Crippen LogP contribution in [0.15, 0.2) is 59.8 Å². The average Bonchev–Trinajstić information content (AvgIpc) is 3.04. The molecular weight excluding hydrogens is 336 g/mol. The molecule has 4 rings (SSSR count). The maximum Gasteiger partial charge on any atom is 0.276 e. The van der Waals surface area contributed by atoms with E-state index in [2.05, 4.69) is 15.1 Å². The molecule has 1 N–H and O–H groups in total. The summed E-state index contributed by atoms with van der Waals surface area (Å²) < 4.78 is 1.48. The van der Waals surface area contributed by atoms with Gasteiger partial charge in [0.15, 0.2) is 5.65 Å². The molecule has 124 valence electrons. The van der Waals surface area contributed by atoms with Crippen molar-refractivity contribution in [3.8, 4) is 11.1 Å². The highest BCUT2D eigenvalue weighted by atomic mass is 35.5. The molecule has 5 nitrogen and oxygen atoms in total. The average molecular weight is 351 g/mol. The van der Waals surface area contributed by atoms with Crippen LogP contribution < -0.4 is 5.56 Å². The fraction of sp³-hybridized carbons (Fsp3) is 0.105. The van der Waals surface area contributed by atoms with Gasteiger partial charge in [-0.25, -0.2) is 9.50 Å². The molecule has 0 fully saturated rings. The Balaban J connectivity index is 1.86. The van der Waals surface area contributed by atoms with Crippen LogP contribution in [0.2, 0.25) is 5.02 Å². The van der Waals surface area contributed by atoms with Gasteiger partial charge in [-0.05, 0) is 36.2 Å². The smallest absolute Gasteiger partial charge is 0.276 e. The van der Waals surface area contributed by atoms with E-state index in [-0.39, 0.29) is 5.56 Å². The normalized spacial score (nSPS) is 11.1. The van der Waals surface area contributed by atoms with Crippen LogP contribution in [0.1, 0.15) is 16.8 Å². The van der Waals surface area contributed by atoms with Gasteiger partial charge in [-0.15, -0.1) is 0 Å². The minimum absolute atomic E-state index is 0.109. The summed E-state index contributed by atoms with van der Waals surface area (Å²) in [4.78, 5) is 21.6. The largest absolute Gasteiger partial charge is 0.296 e. The number of nitrogens with one attached hydrogen (secondary N) is 1. The summed E-state index contributed by atoms with van der Waals surface area (Å²) in [5, 5.41) is 3.66. The summed E-state index contributed by atoms with van der Waals surface area (Å²) in [6, 6.07) is 11.3. The predicted molar refractivity (Wildman–Crippen MR) is 98.0 cm³/mol. The third-order valence-electron chi connectivity index (χ3n) is 4.28. The van der Waals surface area contributed by atoms with Gasteiger partial charge >= 0.3 is 0 Å². The molecule has 0 unspecified atom stereocenters. The molecule has 0 radical (unpaired) electrons. The number of aromatic nitrogens is 4. The minimum Gasteiger partial charge on any atom is -0.296 e. The Morgan fingerprint density at radius 3 is 2.68 bits per heavy atom. The van der Waals surface area contributed by atoms with Crippen molar-refractivity contribution in [2.24, 2.45) is 0 Å². The van der Waals surface area contributed by atoms with E-state index < -0.39 is 0 Å². The number of hydrogen-bond acceptors (Lipinski definition) is 3. The molecule has 0 aliphatic carbocycles. The first kappa shape index (κ1) is 15.6. The van der Waals surface area contributed by atoms with Crippen LogP contribution in [0, 0.1) is 6.92 Å². The lowest BCUT2D eigenvalue weighted by Crippen LogP contribution is -2.22. The van der Waals surface area contributed by atoms with Crippen LogP contribution in [0.4, 0.5) is 0 Å². The van der Waals surface area contributed by atoms with Crippen LogP contribution in [-0.4, -0.2) is 19.6 Å². The first-order valence-corrected chi connectivity index (χ1v) is 8.26. The van der Waals surface area contributed by atoms with Gasteiger partial charge in [0, 0.05) is 46.9 Å². The molecule has 0 amide bonds. The zero-order valence-corrected chi connectivity index (χ0v) is 14.3. The Bertz CT molecular complexity index is 1120. The molecule has 3 aromatic heterocycles. The lowest BCUT2D eigenvalue weighted by atomic mass is 10.0. The second kappa shape index (κ2) is 6.18. The van der Waals surface area contributed by atoms with E-state index in [4.69, 9.17) is 11.6 Å². The van der Waals surface area contributed by atoms with Crippen LogP contribution in [0.3, 0.4) is 0 Å². The summed E-state index contributed by atoms with van der Waals surface area (Å²) in [5.41, 5.74) is 4.57. The zero-order chi connectivity index (χ0) is 17.4. The second-order valence-corrected chi connectivity index (χ2v) is 6.24. The summed E-state index contributed by atoms with van der Waals surface area (Å²) in [6.45, 7) is 1.86. The molecule has 0 aliphatic heterocycles. The maximum absolute atomic E-state index is 12.9. The topological polar surface area (TPSA) is 63.1 Å². The van der Waals surface area contributed by atoms with Crippen molar-refractivity contribution < 1.29 is 0 Å². The predicted octanol–water partition coefficient (Wildman–Crippen LogP) is 3.64. The molecule has 0 saturated carbocycles. The quantitative estimate of drug-likeness (QED) is 0.613. The Morgan fingerprint density at radius 2 is 1.92 bits per heavy atom. The van der Waals surface area contributed by atoms with Gasteiger partial charge in [0.1, 0.15) is 0 Å². The standard InChI is InChI=1S/C19H15ClN4O/c1-12-15(10-14-4-2-3-5-17(14)20)19(25)24-18(23-12)16(11-22-24)13-6-8-21-9-7-13/h2-9,11,22H,10H2,1H3. The molecule has 0 bridgehead atoms. The van der Waals surface area contributed by atoms with Crippen LogP contribution in [-0.2, 0) is 6.42 Å². The molecule has 3 heterocycles. The molecule has 4 aromatic rings. The number of rotatable bonds is 3. The lowest BCUT2D eigenvalue weighted by molar-refractivity contribution is 0.860. The Labute approximate surface area is 148 Å². The van der Waals surface area contributed by atoms with Crippen molar-refractivity contribution in [1.29, 1.82) is 0 Å². The highest BCUT2D eigenvalue weighted by Crippen LogP contribution is 2.23. The van der Waals surface area contributed by atoms with Crippen molar-refractivity contribution in [3.63, 3.8) is 0 Å². The summed E-state index contributed by atoms with van der Waals surface area (Å²) in [7, 11) is 0. The molecule has 0 aliphatic rings. The number of H-pyrrole nitrogens is 1. The molecule has 0 saturated heterocycles. The molecule has 1 aromatic carbocycles. The summed E-state index contributed by atoms with van der Waals surface area (Å²) in [6.07, 6.45) is 5.67. The third kappa shape index (κ3) is 2.72. The number of fused-ring (bicyclic) bond motifs is 1. The van der Waals surface area contributed by atoms with Gasteiger partial charge in [0.05, 0.1) is 0 Å². The van der Waals surface area contributed by atoms with Crippen LogP contribution in [0.25, 0.3) is 16.8 Å². The van der Waals surface area contributed by atoms with E-state index in [0.717, 1.165) is 16.7 Å². The van der Waals surface area contributed by atoms with E-state index in [0.29, 0.717) is 28.3 Å². The lowest BCUT2D eigenvalue weighted by Gasteiger charge is -2.08. The first-order valence-electron chi connectivity index (χ1n) is 7.88. The van der Waals surface area contributed by atoms with Crippen LogP contribution >= 0.6 is 11.6 Å². The first-order chi connectivity index (χ1) is 12.1. The number of halogens is 1. The number of benzene rings is 1. The van der Waals surface area contributed by atoms with Gasteiger partial charge < -0.3 is 0 Å². The Hall–Kier alpha value is -2.92. The summed E-state index contributed by atoms with van der Waals surface area (Å²) >= 11 is 6.24. The van der Waals surface area contributed by atoms with Crippen molar-refractivity contribution in [2.75, 3.05) is 0 Å². The fourth-order valence-corrected chi connectivity index (χ4v) is 3.14. The highest BCUT2D eigenvalue weighted by molar-refractivity contribution is 6.31. The number of nitrogens with zero attached hydrogens (tertiary/aromatic N) is 3. The Morgan fingerprint density at radius 1 is 1.16 bits per heavy atom. The zero-order valence-electron chi connectivity index (χ0n) is 13.5. The molecule has 25 heavy (non-hydrogen) atoms. The van der Waals surface area contributed by atoms with Crippen molar-refractivity contribution in [1.82, 2.24) is 19.6 Å². The van der Waals surface area contributed by atoms with Gasteiger partial charge in [0.2, 0.25) is 0 Å². The van der Waals surface area contributed by atoms with E-state index in [1.165, 1.54) is 4.52 Å². The molecular formula is C19H15ClN4O. The van der Waals surface area contributed by atoms with Gasteiger partial charge in [-0.3, -0.25) is 14.9 Å². The molecule has 0 spiro atoms. The molecule has 6 heteroatoms. The summed E-state index contributed by atoms with van der Waals surface area (Å²) in [5.74, 6) is 0. The second-order valence-electron chi connectivity index (χ2n) is 5.83. The molecule has 0 atom stereocenters. The third-order valence-corrected chi connectivity index (χ3v) is 4.65. The SMILES string of the molecule is Cc1nc2c(-c3ccncc3)c[nH]n2c(=O)c1Cc1ccccc1Cl. The van der Waals surface area contributed by atoms with Gasteiger partial charge in [0.25, 0.3) is 5.56 Å². The van der Waals surface area contributed by atoms with E-state index in [1.807, 2.05) is 43.3 Å². The van der Waals surface area contributed by atoms with Crippen molar-refractivity contribution >= 4 is 17.2 Å². The number of pyridine rings is 1. The number of hydrogen-bond donors (Lipinski definition) is 1. The fourth-order valence-electron chi connectivity index (χ4n) is 2.94. The van der Waals surface area contributed by atoms with Crippen LogP contribution in [0.5, 0.6) is 0 Å². The van der Waals surface area contributed by atoms with E-state index >= 15 is 0 Å². The highest BCUT2D eigenvalue weighted by Gasteiger charge is 2.16. The maximum atomic E-state index is 12.9. The Kier molecular flexibility index (Phi) is 3.86.